The van der Waals surface area contributed by atoms with Gasteiger partial charge in [0, 0.05) is 13.1 Å². The molecule has 0 bridgehead atoms. The van der Waals surface area contributed by atoms with Crippen LogP contribution in [-0.2, 0) is 15.7 Å². The fourth-order valence-electron chi connectivity index (χ4n) is 2.03. The second-order valence-corrected chi connectivity index (χ2v) is 4.54. The molecule has 0 radical (unpaired) electrons. The van der Waals surface area contributed by atoms with Crippen LogP contribution in [0.2, 0.25) is 0 Å². The van der Waals surface area contributed by atoms with Crippen molar-refractivity contribution >= 4 is 5.91 Å². The Hall–Kier alpha value is -1.60. The van der Waals surface area contributed by atoms with Crippen LogP contribution in [0.1, 0.15) is 17.2 Å². The molecule has 2 rings (SSSR count). The number of benzene rings is 1. The highest BCUT2D eigenvalue weighted by Crippen LogP contribution is 2.30. The van der Waals surface area contributed by atoms with Crippen LogP contribution in [0.15, 0.2) is 24.3 Å². The number of ether oxygens (including phenoxy) is 1. The molecule has 20 heavy (non-hydrogen) atoms. The molecule has 1 amide bonds. The number of hydrogen-bond acceptors (Lipinski definition) is 3. The minimum absolute atomic E-state index is 0.163. The van der Waals surface area contributed by atoms with Crippen molar-refractivity contribution < 1.29 is 22.7 Å². The van der Waals surface area contributed by atoms with Gasteiger partial charge in [-0.1, -0.05) is 12.1 Å². The second kappa shape index (κ2) is 5.80. The number of hydrogen-bond donors (Lipinski definition) is 1. The van der Waals surface area contributed by atoms with Crippen molar-refractivity contribution in [2.24, 2.45) is 5.73 Å². The zero-order chi connectivity index (χ0) is 14.8. The molecule has 1 heterocycles. The maximum atomic E-state index is 12.6. The number of nitrogens with two attached hydrogens (primary N) is 1. The predicted octanol–water partition coefficient (Wildman–Crippen LogP) is 1.56. The van der Waals surface area contributed by atoms with Crippen molar-refractivity contribution in [2.45, 2.75) is 12.2 Å². The monoisotopic (exact) mass is 288 g/mol. The molecule has 1 fully saturated rings. The summed E-state index contributed by atoms with van der Waals surface area (Å²) in [6, 6.07) is 3.47. The van der Waals surface area contributed by atoms with Crippen LogP contribution in [0.25, 0.3) is 0 Å². The first-order chi connectivity index (χ1) is 9.39. The summed E-state index contributed by atoms with van der Waals surface area (Å²) in [6.45, 7) is 1.65. The van der Waals surface area contributed by atoms with Crippen LogP contribution < -0.4 is 5.73 Å². The zero-order valence-electron chi connectivity index (χ0n) is 10.7. The Kier molecular flexibility index (Phi) is 4.29. The van der Waals surface area contributed by atoms with Gasteiger partial charge in [-0.15, -0.1) is 0 Å². The van der Waals surface area contributed by atoms with Crippen LogP contribution in [0.3, 0.4) is 0 Å². The largest absolute Gasteiger partial charge is 0.416 e. The van der Waals surface area contributed by atoms with Gasteiger partial charge in [-0.3, -0.25) is 4.79 Å². The lowest BCUT2D eigenvalue weighted by molar-refractivity contribution is -0.139. The lowest BCUT2D eigenvalue weighted by Gasteiger charge is -2.29. The van der Waals surface area contributed by atoms with E-state index in [1.807, 2.05) is 0 Å². The summed E-state index contributed by atoms with van der Waals surface area (Å²) in [7, 11) is 0. The first-order valence-electron chi connectivity index (χ1n) is 6.19. The summed E-state index contributed by atoms with van der Waals surface area (Å²) < 4.78 is 43.0. The Balaban J connectivity index is 2.16. The molecule has 1 saturated heterocycles. The summed E-state index contributed by atoms with van der Waals surface area (Å²) in [5, 5.41) is 0. The van der Waals surface area contributed by atoms with Crippen molar-refractivity contribution in [3.63, 3.8) is 0 Å². The summed E-state index contributed by atoms with van der Waals surface area (Å²) in [6.07, 6.45) is -4.45. The van der Waals surface area contributed by atoms with E-state index in [4.69, 9.17) is 10.5 Å². The van der Waals surface area contributed by atoms with Crippen molar-refractivity contribution in [1.82, 2.24) is 4.90 Å². The molecule has 1 aromatic carbocycles. The predicted molar refractivity (Wildman–Crippen MR) is 65.8 cm³/mol. The molecule has 1 aliphatic rings. The summed E-state index contributed by atoms with van der Waals surface area (Å²) >= 11 is 0. The number of carbonyl (C=O) groups is 1. The topological polar surface area (TPSA) is 55.6 Å². The highest BCUT2D eigenvalue weighted by molar-refractivity contribution is 5.83. The maximum absolute atomic E-state index is 12.6. The Bertz CT molecular complexity index is 485. The van der Waals surface area contributed by atoms with Gasteiger partial charge >= 0.3 is 6.18 Å². The van der Waals surface area contributed by atoms with Crippen molar-refractivity contribution in [3.05, 3.63) is 35.4 Å². The number of morpholine rings is 1. The van der Waals surface area contributed by atoms with Gasteiger partial charge in [0.1, 0.15) is 6.04 Å². The van der Waals surface area contributed by atoms with Gasteiger partial charge in [0.15, 0.2) is 0 Å². The van der Waals surface area contributed by atoms with Crippen LogP contribution in [0.4, 0.5) is 13.2 Å². The molecule has 1 unspecified atom stereocenters. The Morgan fingerprint density at radius 2 is 1.95 bits per heavy atom. The van der Waals surface area contributed by atoms with E-state index in [1.165, 1.54) is 17.0 Å². The average Bonchev–Trinajstić information content (AvgIpc) is 2.46. The first kappa shape index (κ1) is 14.8. The molecule has 2 N–H and O–H groups in total. The number of rotatable bonds is 2. The van der Waals surface area contributed by atoms with Gasteiger partial charge in [0.05, 0.1) is 18.8 Å². The van der Waals surface area contributed by atoms with Crippen LogP contribution in [0, 0.1) is 0 Å². The van der Waals surface area contributed by atoms with E-state index in [9.17, 15) is 18.0 Å². The van der Waals surface area contributed by atoms with Gasteiger partial charge in [-0.05, 0) is 17.7 Å². The third-order valence-electron chi connectivity index (χ3n) is 3.16. The van der Waals surface area contributed by atoms with E-state index in [0.717, 1.165) is 12.1 Å². The smallest absolute Gasteiger partial charge is 0.378 e. The quantitative estimate of drug-likeness (QED) is 0.898. The van der Waals surface area contributed by atoms with E-state index in [2.05, 4.69) is 0 Å². The number of alkyl halides is 3. The Morgan fingerprint density at radius 1 is 1.30 bits per heavy atom. The molecule has 1 aromatic rings. The number of carbonyl (C=O) groups excluding carboxylic acids is 1. The van der Waals surface area contributed by atoms with Crippen molar-refractivity contribution in [2.75, 3.05) is 26.3 Å². The van der Waals surface area contributed by atoms with Crippen molar-refractivity contribution in [1.29, 1.82) is 0 Å². The fourth-order valence-corrected chi connectivity index (χ4v) is 2.03. The number of halogens is 3. The molecule has 0 saturated carbocycles. The summed E-state index contributed by atoms with van der Waals surface area (Å²) in [5.74, 6) is -0.382. The third kappa shape index (κ3) is 3.29. The lowest BCUT2D eigenvalue weighted by Crippen LogP contribution is -2.45. The van der Waals surface area contributed by atoms with E-state index in [1.54, 1.807) is 0 Å². The van der Waals surface area contributed by atoms with E-state index in [0.29, 0.717) is 26.3 Å². The number of nitrogens with zero attached hydrogens (tertiary/aromatic N) is 1. The van der Waals surface area contributed by atoms with Crippen molar-refractivity contribution in [3.8, 4) is 0 Å². The van der Waals surface area contributed by atoms with Crippen LogP contribution in [0.5, 0.6) is 0 Å². The molecule has 0 aliphatic carbocycles. The number of amides is 1. The van der Waals surface area contributed by atoms with E-state index < -0.39 is 17.8 Å². The molecule has 1 aliphatic heterocycles. The molecule has 4 nitrogen and oxygen atoms in total. The minimum Gasteiger partial charge on any atom is -0.378 e. The molecule has 0 spiro atoms. The summed E-state index contributed by atoms with van der Waals surface area (Å²) in [5.41, 5.74) is 5.14. The average molecular weight is 288 g/mol. The van der Waals surface area contributed by atoms with E-state index in [-0.39, 0.29) is 11.5 Å². The standard InChI is InChI=1S/C13H15F3N2O2/c14-13(15,16)10-3-1-2-9(8-10)11(17)12(19)18-4-6-20-7-5-18/h1-3,8,11H,4-7,17H2. The highest BCUT2D eigenvalue weighted by Gasteiger charge is 2.32. The molecular weight excluding hydrogens is 273 g/mol. The third-order valence-corrected chi connectivity index (χ3v) is 3.16. The Labute approximate surface area is 114 Å². The molecule has 1 atom stereocenters. The molecule has 0 aromatic heterocycles. The normalized spacial score (nSPS) is 17.9. The van der Waals surface area contributed by atoms with Crippen LogP contribution >= 0.6 is 0 Å². The highest BCUT2D eigenvalue weighted by atomic mass is 19.4. The SMILES string of the molecule is NC(C(=O)N1CCOCC1)c1cccc(C(F)(F)F)c1. The molecular formula is C13H15F3N2O2. The lowest BCUT2D eigenvalue weighted by atomic mass is 10.0. The minimum atomic E-state index is -4.45. The van der Waals surface area contributed by atoms with Gasteiger partial charge in [-0.2, -0.15) is 13.2 Å². The Morgan fingerprint density at radius 3 is 2.55 bits per heavy atom. The summed E-state index contributed by atoms with van der Waals surface area (Å²) in [4.78, 5) is 13.6. The zero-order valence-corrected chi connectivity index (χ0v) is 10.7. The van der Waals surface area contributed by atoms with E-state index >= 15 is 0 Å². The van der Waals surface area contributed by atoms with Gasteiger partial charge in [0.2, 0.25) is 5.91 Å². The molecule has 7 heteroatoms. The first-order valence-corrected chi connectivity index (χ1v) is 6.19. The van der Waals surface area contributed by atoms with Crippen LogP contribution in [-0.4, -0.2) is 37.1 Å². The maximum Gasteiger partial charge on any atom is 0.416 e. The van der Waals surface area contributed by atoms with Gasteiger partial charge in [-0.25, -0.2) is 0 Å². The van der Waals surface area contributed by atoms with Gasteiger partial charge in [0.25, 0.3) is 0 Å². The molecule has 110 valence electrons. The second-order valence-electron chi connectivity index (χ2n) is 4.54. The fraction of sp³-hybridized carbons (Fsp3) is 0.462. The van der Waals surface area contributed by atoms with Gasteiger partial charge < -0.3 is 15.4 Å².